The van der Waals surface area contributed by atoms with Crippen LogP contribution in [0.3, 0.4) is 0 Å². The molecule has 1 aliphatic heterocycles. The SMILES string of the molecule is CCCCCCC=Cc1c2c(cc(OC)c1OC)C(CCCCCCC)=[N+](Cc1cccc(OC)c1)CC2. The standard InChI is InChI=1S/C34H50NO3/c1-6-8-10-12-14-15-20-30-29-22-23-35(26-27-18-17-19-28(24-27)36-3)32(21-16-13-11-9-7-2)31(29)25-33(37-4)34(30)38-5/h15,17-20,24-25H,6-14,16,21-23,26H2,1-5H3/q+1. The maximum absolute atomic E-state index is 5.92. The van der Waals surface area contributed by atoms with E-state index in [4.69, 9.17) is 14.2 Å². The number of unbranched alkanes of at least 4 members (excludes halogenated alkanes) is 8. The molecular weight excluding hydrogens is 470 g/mol. The third kappa shape index (κ3) is 8.12. The second-order valence-corrected chi connectivity index (χ2v) is 10.4. The number of fused-ring (bicyclic) bond motifs is 1. The molecule has 0 N–H and O–H groups in total. The zero-order valence-electron chi connectivity index (χ0n) is 24.6. The fraction of sp³-hybridized carbons (Fsp3) is 0.559. The van der Waals surface area contributed by atoms with E-state index in [1.54, 1.807) is 21.3 Å². The molecule has 1 aliphatic rings. The minimum Gasteiger partial charge on any atom is -0.497 e. The molecule has 208 valence electrons. The summed E-state index contributed by atoms with van der Waals surface area (Å²) in [6, 6.07) is 10.7. The summed E-state index contributed by atoms with van der Waals surface area (Å²) in [6.07, 6.45) is 19.3. The number of allylic oxidation sites excluding steroid dienone is 1. The Morgan fingerprint density at radius 1 is 0.842 bits per heavy atom. The van der Waals surface area contributed by atoms with Crippen LogP contribution in [0, 0.1) is 0 Å². The Morgan fingerprint density at radius 2 is 1.61 bits per heavy atom. The van der Waals surface area contributed by atoms with Gasteiger partial charge in [-0.3, -0.25) is 0 Å². The summed E-state index contributed by atoms with van der Waals surface area (Å²) < 4.78 is 19.9. The van der Waals surface area contributed by atoms with Gasteiger partial charge in [-0.25, -0.2) is 4.58 Å². The van der Waals surface area contributed by atoms with Crippen LogP contribution in [0.15, 0.2) is 36.4 Å². The number of methoxy groups -OCH3 is 3. The molecule has 4 heteroatoms. The average Bonchev–Trinajstić information content (AvgIpc) is 2.95. The molecule has 1 heterocycles. The molecule has 0 fully saturated rings. The van der Waals surface area contributed by atoms with Gasteiger partial charge >= 0.3 is 0 Å². The Bertz CT molecular complexity index is 1070. The van der Waals surface area contributed by atoms with E-state index >= 15 is 0 Å². The molecule has 0 unspecified atom stereocenters. The Hall–Kier alpha value is -2.75. The lowest BCUT2D eigenvalue weighted by atomic mass is 9.88. The fourth-order valence-corrected chi connectivity index (χ4v) is 5.56. The van der Waals surface area contributed by atoms with Gasteiger partial charge in [0.2, 0.25) is 0 Å². The maximum Gasteiger partial charge on any atom is 0.184 e. The molecule has 0 aromatic heterocycles. The largest absolute Gasteiger partial charge is 0.497 e. The van der Waals surface area contributed by atoms with E-state index in [2.05, 4.69) is 54.8 Å². The molecule has 3 rings (SSSR count). The van der Waals surface area contributed by atoms with E-state index in [0.29, 0.717) is 0 Å². The monoisotopic (exact) mass is 520 g/mol. The topological polar surface area (TPSA) is 30.7 Å². The molecule has 0 spiro atoms. The second-order valence-electron chi connectivity index (χ2n) is 10.4. The van der Waals surface area contributed by atoms with Crippen LogP contribution < -0.4 is 14.2 Å². The Kier molecular flexibility index (Phi) is 12.8. The number of ether oxygens (including phenoxy) is 3. The Labute approximate surface area is 231 Å². The number of hydrogen-bond acceptors (Lipinski definition) is 3. The van der Waals surface area contributed by atoms with Gasteiger partial charge in [-0.2, -0.15) is 0 Å². The highest BCUT2D eigenvalue weighted by molar-refractivity contribution is 6.00. The molecule has 0 saturated heterocycles. The van der Waals surface area contributed by atoms with Crippen molar-refractivity contribution < 1.29 is 18.8 Å². The summed E-state index contributed by atoms with van der Waals surface area (Å²) in [5.74, 6) is 2.60. The van der Waals surface area contributed by atoms with Crippen molar-refractivity contribution in [3.8, 4) is 17.2 Å². The second kappa shape index (κ2) is 16.3. The van der Waals surface area contributed by atoms with Crippen LogP contribution in [0.25, 0.3) is 6.08 Å². The van der Waals surface area contributed by atoms with E-state index < -0.39 is 0 Å². The molecule has 0 radical (unpaired) electrons. The van der Waals surface area contributed by atoms with Gasteiger partial charge in [0.05, 0.1) is 21.3 Å². The van der Waals surface area contributed by atoms with Crippen molar-refractivity contribution in [2.45, 2.75) is 97.4 Å². The first-order chi connectivity index (χ1) is 18.7. The quantitative estimate of drug-likeness (QED) is 0.154. The van der Waals surface area contributed by atoms with Crippen molar-refractivity contribution in [3.63, 3.8) is 0 Å². The first-order valence-electron chi connectivity index (χ1n) is 14.8. The smallest absolute Gasteiger partial charge is 0.184 e. The maximum atomic E-state index is 5.92. The van der Waals surface area contributed by atoms with Gasteiger partial charge in [-0.1, -0.05) is 83.1 Å². The summed E-state index contributed by atoms with van der Waals surface area (Å²) in [4.78, 5) is 0. The zero-order valence-corrected chi connectivity index (χ0v) is 24.6. The molecule has 0 bridgehead atoms. The van der Waals surface area contributed by atoms with Crippen molar-refractivity contribution in [1.82, 2.24) is 0 Å². The minimum atomic E-state index is 0.823. The van der Waals surface area contributed by atoms with Crippen LogP contribution in [0.5, 0.6) is 17.2 Å². The number of hydrogen-bond donors (Lipinski definition) is 0. The minimum absolute atomic E-state index is 0.823. The van der Waals surface area contributed by atoms with Gasteiger partial charge in [0.25, 0.3) is 0 Å². The molecule has 2 aromatic rings. The lowest BCUT2D eigenvalue weighted by molar-refractivity contribution is -0.545. The van der Waals surface area contributed by atoms with Crippen LogP contribution in [0.1, 0.15) is 107 Å². The number of rotatable bonds is 17. The van der Waals surface area contributed by atoms with Gasteiger partial charge in [0.1, 0.15) is 12.3 Å². The summed E-state index contributed by atoms with van der Waals surface area (Å²) in [6.45, 7) is 6.43. The molecule has 0 aliphatic carbocycles. The van der Waals surface area contributed by atoms with Gasteiger partial charge < -0.3 is 14.2 Å². The van der Waals surface area contributed by atoms with E-state index in [9.17, 15) is 0 Å². The van der Waals surface area contributed by atoms with Crippen LogP contribution in [-0.4, -0.2) is 38.2 Å². The number of nitrogens with zero attached hydrogens (tertiary/aromatic N) is 1. The molecule has 0 atom stereocenters. The van der Waals surface area contributed by atoms with Crippen LogP contribution >= 0.6 is 0 Å². The van der Waals surface area contributed by atoms with Gasteiger partial charge in [0, 0.05) is 29.5 Å². The number of benzene rings is 2. The van der Waals surface area contributed by atoms with E-state index in [1.807, 2.05) is 6.07 Å². The summed E-state index contributed by atoms with van der Waals surface area (Å²) in [7, 11) is 5.26. The first kappa shape index (κ1) is 29.8. The lowest BCUT2D eigenvalue weighted by Crippen LogP contribution is -2.30. The van der Waals surface area contributed by atoms with Crippen LogP contribution in [0.4, 0.5) is 0 Å². The summed E-state index contributed by atoms with van der Waals surface area (Å²) in [5.41, 5.74) is 6.64. The predicted molar refractivity (Wildman–Crippen MR) is 160 cm³/mol. The molecule has 0 amide bonds. The first-order valence-corrected chi connectivity index (χ1v) is 14.8. The van der Waals surface area contributed by atoms with Crippen molar-refractivity contribution in [1.29, 1.82) is 0 Å². The zero-order chi connectivity index (χ0) is 27.2. The average molecular weight is 521 g/mol. The third-order valence-electron chi connectivity index (χ3n) is 7.68. The van der Waals surface area contributed by atoms with Gasteiger partial charge in [-0.05, 0) is 43.0 Å². The van der Waals surface area contributed by atoms with Crippen LogP contribution in [0.2, 0.25) is 0 Å². The summed E-state index contributed by atoms with van der Waals surface area (Å²) >= 11 is 0. The highest BCUT2D eigenvalue weighted by atomic mass is 16.5. The van der Waals surface area contributed by atoms with Crippen molar-refractivity contribution in [2.75, 3.05) is 27.9 Å². The van der Waals surface area contributed by atoms with Crippen LogP contribution in [-0.2, 0) is 13.0 Å². The van der Waals surface area contributed by atoms with E-state index in [-0.39, 0.29) is 0 Å². The lowest BCUT2D eigenvalue weighted by Gasteiger charge is -2.24. The molecule has 4 nitrogen and oxygen atoms in total. The fourth-order valence-electron chi connectivity index (χ4n) is 5.56. The Balaban J connectivity index is 2.00. The van der Waals surface area contributed by atoms with Gasteiger partial charge in [-0.15, -0.1) is 0 Å². The van der Waals surface area contributed by atoms with Crippen molar-refractivity contribution in [2.24, 2.45) is 0 Å². The van der Waals surface area contributed by atoms with E-state index in [1.165, 1.54) is 85.8 Å². The molecule has 2 aromatic carbocycles. The normalized spacial score (nSPS) is 13.2. The van der Waals surface area contributed by atoms with E-state index in [0.717, 1.165) is 49.6 Å². The molecular formula is C34H50NO3+. The highest BCUT2D eigenvalue weighted by Gasteiger charge is 2.30. The van der Waals surface area contributed by atoms with Gasteiger partial charge in [0.15, 0.2) is 23.8 Å². The highest BCUT2D eigenvalue weighted by Crippen LogP contribution is 2.39. The molecule has 0 saturated carbocycles. The van der Waals surface area contributed by atoms with Crippen molar-refractivity contribution in [3.05, 3.63) is 58.7 Å². The molecule has 38 heavy (non-hydrogen) atoms. The predicted octanol–water partition coefficient (Wildman–Crippen LogP) is 8.61. The Morgan fingerprint density at radius 3 is 2.32 bits per heavy atom. The summed E-state index contributed by atoms with van der Waals surface area (Å²) in [5, 5.41) is 0. The van der Waals surface area contributed by atoms with Crippen molar-refractivity contribution >= 4 is 11.8 Å². The third-order valence-corrected chi connectivity index (χ3v) is 7.68.